The summed E-state index contributed by atoms with van der Waals surface area (Å²) in [6.45, 7) is 4.09. The van der Waals surface area contributed by atoms with E-state index in [1.165, 1.54) is 16.3 Å². The van der Waals surface area contributed by atoms with Gasteiger partial charge in [0.2, 0.25) is 0 Å². The van der Waals surface area contributed by atoms with Crippen LogP contribution in [0.25, 0.3) is 10.8 Å². The van der Waals surface area contributed by atoms with Gasteiger partial charge in [0.1, 0.15) is 5.82 Å². The molecule has 3 aromatic rings. The first kappa shape index (κ1) is 11.8. The normalized spacial score (nSPS) is 12.7. The highest BCUT2D eigenvalue weighted by atomic mass is 15.3. The Morgan fingerprint density at radius 1 is 1.11 bits per heavy atom. The second kappa shape index (κ2) is 4.43. The highest BCUT2D eigenvalue weighted by Gasteiger charge is 2.14. The first-order valence-corrected chi connectivity index (χ1v) is 6.46. The Labute approximate surface area is 112 Å². The van der Waals surface area contributed by atoms with E-state index in [4.69, 9.17) is 5.73 Å². The molecule has 1 atom stereocenters. The highest BCUT2D eigenvalue weighted by Crippen LogP contribution is 2.28. The molecule has 0 bridgehead atoms. The van der Waals surface area contributed by atoms with Crippen LogP contribution in [0.3, 0.4) is 0 Å². The molecule has 1 unspecified atom stereocenters. The van der Waals surface area contributed by atoms with Gasteiger partial charge >= 0.3 is 0 Å². The number of hydrogen-bond acceptors (Lipinski definition) is 2. The van der Waals surface area contributed by atoms with Gasteiger partial charge in [-0.3, -0.25) is 0 Å². The number of nitrogen functional groups attached to an aromatic ring is 1. The fraction of sp³-hybridized carbons (Fsp3) is 0.188. The van der Waals surface area contributed by atoms with Crippen LogP contribution in [0, 0.1) is 6.92 Å². The van der Waals surface area contributed by atoms with Crippen LogP contribution in [0.15, 0.2) is 48.5 Å². The van der Waals surface area contributed by atoms with Gasteiger partial charge in [0.05, 0.1) is 11.7 Å². The van der Waals surface area contributed by atoms with Gasteiger partial charge in [-0.05, 0) is 30.2 Å². The molecule has 0 amide bonds. The molecule has 0 aliphatic rings. The van der Waals surface area contributed by atoms with Crippen molar-refractivity contribution in [1.82, 2.24) is 9.78 Å². The Morgan fingerprint density at radius 2 is 1.84 bits per heavy atom. The Bertz CT molecular complexity index is 722. The summed E-state index contributed by atoms with van der Waals surface area (Å²) in [4.78, 5) is 0. The zero-order valence-electron chi connectivity index (χ0n) is 11.2. The molecule has 0 spiro atoms. The summed E-state index contributed by atoms with van der Waals surface area (Å²) in [5, 5.41) is 6.98. The molecule has 0 saturated carbocycles. The van der Waals surface area contributed by atoms with Crippen LogP contribution >= 0.6 is 0 Å². The molecule has 0 fully saturated rings. The molecule has 1 heterocycles. The molecular weight excluding hydrogens is 234 g/mol. The lowest BCUT2D eigenvalue weighted by molar-refractivity contribution is 0.572. The second-order valence-electron chi connectivity index (χ2n) is 4.90. The van der Waals surface area contributed by atoms with Crippen LogP contribution in [-0.4, -0.2) is 9.78 Å². The number of hydrogen-bond donors (Lipinski definition) is 1. The van der Waals surface area contributed by atoms with E-state index in [1.54, 1.807) is 0 Å². The molecule has 0 aliphatic carbocycles. The van der Waals surface area contributed by atoms with Crippen LogP contribution in [-0.2, 0) is 0 Å². The first-order valence-electron chi connectivity index (χ1n) is 6.46. The molecule has 0 saturated heterocycles. The molecule has 3 heteroatoms. The molecule has 0 aliphatic heterocycles. The number of benzene rings is 2. The third-order valence-corrected chi connectivity index (χ3v) is 3.53. The molecule has 0 radical (unpaired) electrons. The van der Waals surface area contributed by atoms with E-state index in [0.29, 0.717) is 5.82 Å². The van der Waals surface area contributed by atoms with Crippen molar-refractivity contribution < 1.29 is 0 Å². The fourth-order valence-electron chi connectivity index (χ4n) is 2.59. The minimum absolute atomic E-state index is 0.125. The lowest BCUT2D eigenvalue weighted by Crippen LogP contribution is -2.11. The largest absolute Gasteiger partial charge is 0.384 e. The van der Waals surface area contributed by atoms with Crippen molar-refractivity contribution in [3.05, 3.63) is 59.8 Å². The Kier molecular flexibility index (Phi) is 2.75. The smallest absolute Gasteiger partial charge is 0.122 e. The predicted molar refractivity (Wildman–Crippen MR) is 79.1 cm³/mol. The maximum atomic E-state index is 6.02. The number of fused-ring (bicyclic) bond motifs is 1. The van der Waals surface area contributed by atoms with E-state index in [-0.39, 0.29) is 6.04 Å². The Hall–Kier alpha value is -2.29. The molecule has 1 aromatic heterocycles. The van der Waals surface area contributed by atoms with Gasteiger partial charge < -0.3 is 5.73 Å². The lowest BCUT2D eigenvalue weighted by Gasteiger charge is -2.16. The first-order chi connectivity index (χ1) is 9.16. The monoisotopic (exact) mass is 251 g/mol. The molecule has 2 aromatic carbocycles. The van der Waals surface area contributed by atoms with Gasteiger partial charge in [-0.25, -0.2) is 4.68 Å². The molecule has 96 valence electrons. The van der Waals surface area contributed by atoms with Crippen molar-refractivity contribution in [2.45, 2.75) is 19.9 Å². The average Bonchev–Trinajstić information content (AvgIpc) is 2.76. The fourth-order valence-corrected chi connectivity index (χ4v) is 2.59. The van der Waals surface area contributed by atoms with Crippen molar-refractivity contribution >= 4 is 16.6 Å². The van der Waals surface area contributed by atoms with Gasteiger partial charge in [0.15, 0.2) is 0 Å². The maximum absolute atomic E-state index is 6.02. The molecular formula is C16H17N3. The Balaban J connectivity index is 2.16. The lowest BCUT2D eigenvalue weighted by atomic mass is 10.00. The number of nitrogens with two attached hydrogens (primary N) is 1. The van der Waals surface area contributed by atoms with E-state index >= 15 is 0 Å². The molecule has 19 heavy (non-hydrogen) atoms. The van der Waals surface area contributed by atoms with E-state index < -0.39 is 0 Å². The summed E-state index contributed by atoms with van der Waals surface area (Å²) in [7, 11) is 0. The van der Waals surface area contributed by atoms with Crippen LogP contribution in [0.4, 0.5) is 5.82 Å². The highest BCUT2D eigenvalue weighted by molar-refractivity contribution is 5.86. The molecule has 2 N–H and O–H groups in total. The quantitative estimate of drug-likeness (QED) is 0.757. The minimum atomic E-state index is 0.125. The summed E-state index contributed by atoms with van der Waals surface area (Å²) in [5.74, 6) is 0.706. The van der Waals surface area contributed by atoms with Crippen molar-refractivity contribution in [1.29, 1.82) is 0 Å². The predicted octanol–water partition coefficient (Wildman–Crippen LogP) is 3.54. The third-order valence-electron chi connectivity index (χ3n) is 3.53. The van der Waals surface area contributed by atoms with E-state index in [2.05, 4.69) is 54.5 Å². The summed E-state index contributed by atoms with van der Waals surface area (Å²) < 4.78 is 1.89. The van der Waals surface area contributed by atoms with E-state index in [1.807, 2.05) is 17.7 Å². The van der Waals surface area contributed by atoms with E-state index in [9.17, 15) is 0 Å². The van der Waals surface area contributed by atoms with Crippen molar-refractivity contribution in [2.24, 2.45) is 0 Å². The van der Waals surface area contributed by atoms with Crippen molar-refractivity contribution in [3.63, 3.8) is 0 Å². The maximum Gasteiger partial charge on any atom is 0.122 e. The summed E-state index contributed by atoms with van der Waals surface area (Å²) in [6.07, 6.45) is 0. The average molecular weight is 251 g/mol. The third kappa shape index (κ3) is 1.97. The van der Waals surface area contributed by atoms with Gasteiger partial charge in [-0.1, -0.05) is 42.5 Å². The van der Waals surface area contributed by atoms with Gasteiger partial charge in [-0.15, -0.1) is 0 Å². The number of rotatable bonds is 2. The zero-order chi connectivity index (χ0) is 13.4. The van der Waals surface area contributed by atoms with Crippen LogP contribution in [0.1, 0.15) is 24.2 Å². The van der Waals surface area contributed by atoms with Gasteiger partial charge in [0.25, 0.3) is 0 Å². The molecule has 3 rings (SSSR count). The van der Waals surface area contributed by atoms with Gasteiger partial charge in [-0.2, -0.15) is 5.10 Å². The zero-order valence-corrected chi connectivity index (χ0v) is 11.2. The number of aryl methyl sites for hydroxylation is 1. The summed E-state index contributed by atoms with van der Waals surface area (Å²) >= 11 is 0. The standard InChI is InChI=1S/C16H17N3/c1-11-10-16(17)19(18-11)12(2)14-9-5-7-13-6-3-4-8-15(13)14/h3-10,12H,17H2,1-2H3. The molecule has 3 nitrogen and oxygen atoms in total. The number of aromatic nitrogens is 2. The summed E-state index contributed by atoms with van der Waals surface area (Å²) in [5.41, 5.74) is 8.22. The topological polar surface area (TPSA) is 43.8 Å². The van der Waals surface area contributed by atoms with Gasteiger partial charge in [0, 0.05) is 6.07 Å². The van der Waals surface area contributed by atoms with Crippen LogP contribution < -0.4 is 5.73 Å². The summed E-state index contributed by atoms with van der Waals surface area (Å²) in [6, 6.07) is 16.8. The second-order valence-corrected chi connectivity index (χ2v) is 4.90. The number of nitrogens with zero attached hydrogens (tertiary/aromatic N) is 2. The van der Waals surface area contributed by atoms with Crippen molar-refractivity contribution in [2.75, 3.05) is 5.73 Å². The van der Waals surface area contributed by atoms with Crippen LogP contribution in [0.2, 0.25) is 0 Å². The Morgan fingerprint density at radius 3 is 2.58 bits per heavy atom. The SMILES string of the molecule is Cc1cc(N)n(C(C)c2cccc3ccccc23)n1. The van der Waals surface area contributed by atoms with E-state index in [0.717, 1.165) is 5.69 Å². The minimum Gasteiger partial charge on any atom is -0.384 e. The number of anilines is 1. The van der Waals surface area contributed by atoms with Crippen molar-refractivity contribution in [3.8, 4) is 0 Å². The van der Waals surface area contributed by atoms with Crippen LogP contribution in [0.5, 0.6) is 0 Å².